The van der Waals surface area contributed by atoms with Gasteiger partial charge in [0, 0.05) is 42.6 Å². The fourth-order valence-corrected chi connectivity index (χ4v) is 5.93. The number of aromatic nitrogens is 1. The number of piperidine rings is 1. The molecule has 1 saturated heterocycles. The molecule has 1 aromatic heterocycles. The maximum Gasteiger partial charge on any atom is 0.317 e. The molecule has 7 heteroatoms. The third-order valence-corrected chi connectivity index (χ3v) is 7.95. The number of fused-ring (bicyclic) bond motifs is 2. The summed E-state index contributed by atoms with van der Waals surface area (Å²) in [4.78, 5) is 20.8. The van der Waals surface area contributed by atoms with Gasteiger partial charge in [0.1, 0.15) is 5.82 Å². The van der Waals surface area contributed by atoms with Gasteiger partial charge in [-0.3, -0.25) is 0 Å². The van der Waals surface area contributed by atoms with E-state index in [9.17, 15) is 9.18 Å². The van der Waals surface area contributed by atoms with Gasteiger partial charge in [0.05, 0.1) is 6.04 Å². The number of hydrogen-bond donors (Lipinski definition) is 2. The largest absolute Gasteiger partial charge is 0.361 e. The summed E-state index contributed by atoms with van der Waals surface area (Å²) in [5, 5.41) is 4.06. The van der Waals surface area contributed by atoms with Gasteiger partial charge in [-0.25, -0.2) is 9.18 Å². The SMILES string of the molecule is O=C(NCCCCl)N1CCc2ccccc2C1CCN1CCC(c2c[nH]c3ccc(F)cc23)CC1. The zero-order valence-electron chi connectivity index (χ0n) is 20.1. The van der Waals surface area contributed by atoms with Crippen molar-refractivity contribution in [3.8, 4) is 0 Å². The van der Waals surface area contributed by atoms with Crippen LogP contribution in [0.1, 0.15) is 54.3 Å². The van der Waals surface area contributed by atoms with E-state index in [1.165, 1.54) is 22.8 Å². The lowest BCUT2D eigenvalue weighted by molar-refractivity contribution is 0.146. The van der Waals surface area contributed by atoms with Crippen molar-refractivity contribution >= 4 is 28.5 Å². The number of alkyl halides is 1. The van der Waals surface area contributed by atoms with E-state index in [-0.39, 0.29) is 17.9 Å². The van der Waals surface area contributed by atoms with Gasteiger partial charge in [0.15, 0.2) is 0 Å². The number of likely N-dealkylation sites (tertiary alicyclic amines) is 1. The van der Waals surface area contributed by atoms with E-state index in [1.54, 1.807) is 6.07 Å². The first kappa shape index (κ1) is 24.1. The highest BCUT2D eigenvalue weighted by Gasteiger charge is 2.31. The summed E-state index contributed by atoms with van der Waals surface area (Å²) < 4.78 is 13.8. The van der Waals surface area contributed by atoms with E-state index in [2.05, 4.69) is 45.7 Å². The van der Waals surface area contributed by atoms with Gasteiger partial charge in [-0.15, -0.1) is 11.6 Å². The molecular formula is C28H34ClFN4O. The Morgan fingerprint density at radius 1 is 1.11 bits per heavy atom. The van der Waals surface area contributed by atoms with Gasteiger partial charge in [-0.2, -0.15) is 0 Å². The molecule has 0 bridgehead atoms. The van der Waals surface area contributed by atoms with E-state index in [1.807, 2.05) is 11.0 Å². The van der Waals surface area contributed by atoms with E-state index in [0.29, 0.717) is 18.3 Å². The maximum atomic E-state index is 13.8. The number of urea groups is 1. The smallest absolute Gasteiger partial charge is 0.317 e. The van der Waals surface area contributed by atoms with Crippen LogP contribution in [0, 0.1) is 5.82 Å². The second-order valence-electron chi connectivity index (χ2n) is 9.77. The second kappa shape index (κ2) is 11.0. The molecular weight excluding hydrogens is 463 g/mol. The summed E-state index contributed by atoms with van der Waals surface area (Å²) in [7, 11) is 0. The topological polar surface area (TPSA) is 51.4 Å². The monoisotopic (exact) mass is 496 g/mol. The number of nitrogens with one attached hydrogen (secondary N) is 2. The van der Waals surface area contributed by atoms with Crippen molar-refractivity contribution in [2.45, 2.75) is 44.1 Å². The van der Waals surface area contributed by atoms with Crippen LogP contribution in [-0.2, 0) is 6.42 Å². The molecule has 5 nitrogen and oxygen atoms in total. The Morgan fingerprint density at radius 3 is 2.77 bits per heavy atom. The average Bonchev–Trinajstić information content (AvgIpc) is 3.30. The molecule has 2 N–H and O–H groups in total. The van der Waals surface area contributed by atoms with Crippen LogP contribution in [0.3, 0.4) is 0 Å². The molecule has 1 atom stereocenters. The van der Waals surface area contributed by atoms with E-state index in [0.717, 1.165) is 69.2 Å². The summed E-state index contributed by atoms with van der Waals surface area (Å²) in [6.07, 6.45) is 6.78. The van der Waals surface area contributed by atoms with Crippen molar-refractivity contribution in [1.82, 2.24) is 20.1 Å². The number of amides is 2. The highest BCUT2D eigenvalue weighted by atomic mass is 35.5. The molecule has 1 unspecified atom stereocenters. The number of hydrogen-bond acceptors (Lipinski definition) is 2. The number of nitrogens with zero attached hydrogens (tertiary/aromatic N) is 2. The number of benzene rings is 2. The summed E-state index contributed by atoms with van der Waals surface area (Å²) in [6, 6.07) is 13.6. The minimum atomic E-state index is -0.181. The van der Waals surface area contributed by atoms with Gasteiger partial charge < -0.3 is 20.1 Å². The van der Waals surface area contributed by atoms with Crippen molar-refractivity contribution in [2.75, 3.05) is 38.6 Å². The fourth-order valence-electron chi connectivity index (χ4n) is 5.79. The lowest BCUT2D eigenvalue weighted by Crippen LogP contribution is -2.47. The molecule has 1 fully saturated rings. The number of aromatic amines is 1. The minimum Gasteiger partial charge on any atom is -0.361 e. The lowest BCUT2D eigenvalue weighted by atomic mass is 9.88. The first-order valence-corrected chi connectivity index (χ1v) is 13.3. The Kier molecular flexibility index (Phi) is 7.59. The van der Waals surface area contributed by atoms with Crippen LogP contribution in [0.2, 0.25) is 0 Å². The minimum absolute atomic E-state index is 0.0138. The third-order valence-electron chi connectivity index (χ3n) is 7.68. The second-order valence-corrected chi connectivity index (χ2v) is 10.1. The van der Waals surface area contributed by atoms with Crippen LogP contribution in [0.5, 0.6) is 0 Å². The fraction of sp³-hybridized carbons (Fsp3) is 0.464. The normalized spacial score (nSPS) is 19.1. The number of carbonyl (C=O) groups excluding carboxylic acids is 1. The molecule has 0 saturated carbocycles. The summed E-state index contributed by atoms with van der Waals surface area (Å²) >= 11 is 5.79. The van der Waals surface area contributed by atoms with Crippen molar-refractivity contribution < 1.29 is 9.18 Å². The maximum absolute atomic E-state index is 13.8. The third kappa shape index (κ3) is 5.34. The van der Waals surface area contributed by atoms with Gasteiger partial charge in [0.2, 0.25) is 0 Å². The highest BCUT2D eigenvalue weighted by molar-refractivity contribution is 6.17. The van der Waals surface area contributed by atoms with Crippen molar-refractivity contribution in [3.05, 3.63) is 71.2 Å². The van der Waals surface area contributed by atoms with Crippen molar-refractivity contribution in [3.63, 3.8) is 0 Å². The lowest BCUT2D eigenvalue weighted by Gasteiger charge is -2.39. The zero-order valence-corrected chi connectivity index (χ0v) is 20.9. The Balaban J connectivity index is 1.22. The van der Waals surface area contributed by atoms with E-state index < -0.39 is 0 Å². The molecule has 2 aliphatic heterocycles. The molecule has 0 radical (unpaired) electrons. The van der Waals surface area contributed by atoms with Gasteiger partial charge in [0.25, 0.3) is 0 Å². The predicted octanol–water partition coefficient (Wildman–Crippen LogP) is 5.81. The molecule has 2 amide bonds. The first-order chi connectivity index (χ1) is 17.1. The van der Waals surface area contributed by atoms with Crippen LogP contribution < -0.4 is 5.32 Å². The number of H-pyrrole nitrogens is 1. The molecule has 3 heterocycles. The standard InChI is InChI=1S/C28H34ClFN4O/c29-12-3-13-31-28(35)34-17-10-20-4-1-2-5-23(20)27(34)11-16-33-14-8-21(9-15-33)25-19-32-26-7-6-22(30)18-24(25)26/h1-2,4-7,18-19,21,27,32H,3,8-17H2,(H,31,35). The Bertz CT molecular complexity index is 1160. The summed E-state index contributed by atoms with van der Waals surface area (Å²) in [5.74, 6) is 0.817. The first-order valence-electron chi connectivity index (χ1n) is 12.8. The highest BCUT2D eigenvalue weighted by Crippen LogP contribution is 2.35. The Morgan fingerprint density at radius 2 is 1.94 bits per heavy atom. The molecule has 0 spiro atoms. The van der Waals surface area contributed by atoms with Crippen LogP contribution in [-0.4, -0.2) is 59.4 Å². The quantitative estimate of drug-likeness (QED) is 0.320. The number of carbonyl (C=O) groups is 1. The Labute approximate surface area is 211 Å². The number of halogens is 2. The van der Waals surface area contributed by atoms with Gasteiger partial charge in [-0.05, 0) is 86.0 Å². The van der Waals surface area contributed by atoms with Gasteiger partial charge >= 0.3 is 6.03 Å². The van der Waals surface area contributed by atoms with Crippen LogP contribution in [0.25, 0.3) is 10.9 Å². The average molecular weight is 497 g/mol. The van der Waals surface area contributed by atoms with Crippen LogP contribution in [0.4, 0.5) is 9.18 Å². The van der Waals surface area contributed by atoms with Crippen LogP contribution >= 0.6 is 11.6 Å². The summed E-state index contributed by atoms with van der Waals surface area (Å²) in [6.45, 7) is 4.34. The Hall–Kier alpha value is -2.57. The molecule has 0 aliphatic carbocycles. The molecule has 186 valence electrons. The molecule has 2 aromatic carbocycles. The number of rotatable bonds is 7. The van der Waals surface area contributed by atoms with E-state index in [4.69, 9.17) is 11.6 Å². The molecule has 3 aromatic rings. The summed E-state index contributed by atoms with van der Waals surface area (Å²) in [5.41, 5.74) is 4.87. The predicted molar refractivity (Wildman–Crippen MR) is 140 cm³/mol. The van der Waals surface area contributed by atoms with Crippen molar-refractivity contribution in [1.29, 1.82) is 0 Å². The van der Waals surface area contributed by atoms with E-state index >= 15 is 0 Å². The zero-order chi connectivity index (χ0) is 24.2. The van der Waals surface area contributed by atoms with Gasteiger partial charge in [-0.1, -0.05) is 24.3 Å². The van der Waals surface area contributed by atoms with Crippen LogP contribution in [0.15, 0.2) is 48.7 Å². The molecule has 2 aliphatic rings. The molecule has 35 heavy (non-hydrogen) atoms. The van der Waals surface area contributed by atoms with Crippen molar-refractivity contribution in [2.24, 2.45) is 0 Å². The molecule has 5 rings (SSSR count).